The molecule has 0 fully saturated rings. The summed E-state index contributed by atoms with van der Waals surface area (Å²) in [4.78, 5) is 23.1. The largest absolute Gasteiger partial charge is 0.481 e. The number of carboxylic acids is 1. The van der Waals surface area contributed by atoms with Crippen molar-refractivity contribution in [2.24, 2.45) is 0 Å². The molecular formula is C21H23NO4. The number of aliphatic carboxylic acids is 1. The molecule has 5 nitrogen and oxygen atoms in total. The summed E-state index contributed by atoms with van der Waals surface area (Å²) < 4.78 is 5.46. The first-order valence-corrected chi connectivity index (χ1v) is 8.93. The molecule has 0 aliphatic heterocycles. The molecule has 136 valence electrons. The van der Waals surface area contributed by atoms with Crippen LogP contribution in [0.5, 0.6) is 0 Å². The monoisotopic (exact) mass is 353 g/mol. The van der Waals surface area contributed by atoms with E-state index in [9.17, 15) is 9.59 Å². The van der Waals surface area contributed by atoms with E-state index in [-0.39, 0.29) is 18.9 Å². The van der Waals surface area contributed by atoms with E-state index in [0.717, 1.165) is 17.5 Å². The number of nitrogens with one attached hydrogen (secondary N) is 1. The minimum Gasteiger partial charge on any atom is -0.481 e. The minimum atomic E-state index is -0.928. The third-order valence-electron chi connectivity index (χ3n) is 4.72. The van der Waals surface area contributed by atoms with Crippen LogP contribution in [0.25, 0.3) is 11.1 Å². The lowest BCUT2D eigenvalue weighted by Crippen LogP contribution is -2.37. The van der Waals surface area contributed by atoms with E-state index in [2.05, 4.69) is 29.6 Å². The lowest BCUT2D eigenvalue weighted by Gasteiger charge is -2.18. The fourth-order valence-corrected chi connectivity index (χ4v) is 3.59. The van der Waals surface area contributed by atoms with Crippen LogP contribution in [0, 0.1) is 0 Å². The number of hydrogen-bond donors (Lipinski definition) is 2. The molecule has 1 unspecified atom stereocenters. The number of carboxylic acid groups (broad SMARTS) is 1. The highest BCUT2D eigenvalue weighted by atomic mass is 16.5. The van der Waals surface area contributed by atoms with E-state index in [1.165, 1.54) is 11.1 Å². The molecule has 0 bridgehead atoms. The Morgan fingerprint density at radius 1 is 1.08 bits per heavy atom. The highest BCUT2D eigenvalue weighted by molar-refractivity contribution is 5.79. The predicted octanol–water partition coefficient (Wildman–Crippen LogP) is 4.17. The molecule has 2 N–H and O–H groups in total. The summed E-state index contributed by atoms with van der Waals surface area (Å²) in [6.45, 7) is 2.18. The van der Waals surface area contributed by atoms with Crippen molar-refractivity contribution >= 4 is 12.1 Å². The van der Waals surface area contributed by atoms with Crippen LogP contribution in [0.3, 0.4) is 0 Å². The van der Waals surface area contributed by atoms with Gasteiger partial charge in [-0.05, 0) is 28.7 Å². The first-order valence-electron chi connectivity index (χ1n) is 8.93. The zero-order valence-corrected chi connectivity index (χ0v) is 14.8. The number of rotatable bonds is 7. The molecule has 0 radical (unpaired) electrons. The van der Waals surface area contributed by atoms with Gasteiger partial charge in [0.25, 0.3) is 0 Å². The van der Waals surface area contributed by atoms with E-state index in [4.69, 9.17) is 9.84 Å². The number of ether oxygens (including phenoxy) is 1. The summed E-state index contributed by atoms with van der Waals surface area (Å²) in [7, 11) is 0. The molecule has 1 atom stereocenters. The van der Waals surface area contributed by atoms with Gasteiger partial charge in [-0.25, -0.2) is 4.79 Å². The van der Waals surface area contributed by atoms with Gasteiger partial charge in [0.05, 0.1) is 6.42 Å². The fourth-order valence-electron chi connectivity index (χ4n) is 3.59. The van der Waals surface area contributed by atoms with Crippen LogP contribution in [0.4, 0.5) is 4.79 Å². The van der Waals surface area contributed by atoms with Crippen molar-refractivity contribution in [2.75, 3.05) is 6.61 Å². The molecule has 2 aromatic rings. The lowest BCUT2D eigenvalue weighted by atomic mass is 9.98. The molecule has 2 aromatic carbocycles. The van der Waals surface area contributed by atoms with Crippen molar-refractivity contribution in [3.8, 4) is 11.1 Å². The molecule has 26 heavy (non-hydrogen) atoms. The average molecular weight is 353 g/mol. The quantitative estimate of drug-likeness (QED) is 0.783. The Bertz CT molecular complexity index is 757. The Balaban J connectivity index is 1.68. The molecule has 5 heteroatoms. The number of fused-ring (bicyclic) bond motifs is 3. The molecule has 0 aromatic heterocycles. The van der Waals surface area contributed by atoms with Gasteiger partial charge in [-0.2, -0.15) is 0 Å². The summed E-state index contributed by atoms with van der Waals surface area (Å²) in [5, 5.41) is 11.6. The maximum absolute atomic E-state index is 12.2. The number of amides is 1. The summed E-state index contributed by atoms with van der Waals surface area (Å²) in [6.07, 6.45) is 0.738. The van der Waals surface area contributed by atoms with Crippen molar-refractivity contribution in [1.82, 2.24) is 5.32 Å². The van der Waals surface area contributed by atoms with Crippen LogP contribution in [0.15, 0.2) is 48.5 Å². The van der Waals surface area contributed by atoms with E-state index < -0.39 is 18.1 Å². The SMILES string of the molecule is CCCC(CC(=O)O)NC(=O)OCC1c2ccccc2-c2ccccc21. The molecule has 0 heterocycles. The van der Waals surface area contributed by atoms with Gasteiger partial charge in [-0.1, -0.05) is 61.9 Å². The Kier molecular flexibility index (Phi) is 5.56. The van der Waals surface area contributed by atoms with Crippen molar-refractivity contribution in [3.05, 3.63) is 59.7 Å². The van der Waals surface area contributed by atoms with E-state index >= 15 is 0 Å². The molecule has 0 saturated heterocycles. The maximum Gasteiger partial charge on any atom is 0.407 e. The number of hydrogen-bond acceptors (Lipinski definition) is 3. The molecule has 0 saturated carbocycles. The second-order valence-electron chi connectivity index (χ2n) is 6.55. The Labute approximate surface area is 153 Å². The van der Waals surface area contributed by atoms with Gasteiger partial charge in [-0.15, -0.1) is 0 Å². The number of benzene rings is 2. The van der Waals surface area contributed by atoms with Gasteiger partial charge >= 0.3 is 12.1 Å². The molecule has 1 aliphatic rings. The zero-order valence-electron chi connectivity index (χ0n) is 14.8. The highest BCUT2D eigenvalue weighted by Crippen LogP contribution is 2.44. The van der Waals surface area contributed by atoms with Crippen LogP contribution in [-0.2, 0) is 9.53 Å². The van der Waals surface area contributed by atoms with E-state index in [1.807, 2.05) is 31.2 Å². The molecule has 3 rings (SSSR count). The zero-order chi connectivity index (χ0) is 18.5. The smallest absolute Gasteiger partial charge is 0.407 e. The van der Waals surface area contributed by atoms with Crippen LogP contribution < -0.4 is 5.32 Å². The Morgan fingerprint density at radius 2 is 1.65 bits per heavy atom. The standard InChI is InChI=1S/C21H23NO4/c1-2-7-14(12-20(23)24)22-21(25)26-13-19-17-10-5-3-8-15(17)16-9-4-6-11-18(16)19/h3-6,8-11,14,19H,2,7,12-13H2,1H3,(H,22,25)(H,23,24). The van der Waals surface area contributed by atoms with Crippen molar-refractivity contribution < 1.29 is 19.4 Å². The molecule has 0 spiro atoms. The van der Waals surface area contributed by atoms with Crippen molar-refractivity contribution in [2.45, 2.75) is 38.1 Å². The van der Waals surface area contributed by atoms with E-state index in [1.54, 1.807) is 0 Å². The van der Waals surface area contributed by atoms with E-state index in [0.29, 0.717) is 6.42 Å². The summed E-state index contributed by atoms with van der Waals surface area (Å²) >= 11 is 0. The second-order valence-corrected chi connectivity index (χ2v) is 6.55. The number of carbonyl (C=O) groups is 2. The van der Waals surface area contributed by atoms with Crippen LogP contribution in [-0.4, -0.2) is 29.8 Å². The summed E-state index contributed by atoms with van der Waals surface area (Å²) in [5.74, 6) is -0.931. The van der Waals surface area contributed by atoms with Crippen LogP contribution in [0.1, 0.15) is 43.2 Å². The second kappa shape index (κ2) is 8.04. The van der Waals surface area contributed by atoms with Gasteiger partial charge < -0.3 is 15.2 Å². The van der Waals surface area contributed by atoms with Crippen LogP contribution in [0.2, 0.25) is 0 Å². The normalized spacial score (nSPS) is 13.6. The minimum absolute atomic E-state index is 0.00255. The third-order valence-corrected chi connectivity index (χ3v) is 4.72. The Morgan fingerprint density at radius 3 is 2.19 bits per heavy atom. The van der Waals surface area contributed by atoms with Crippen molar-refractivity contribution in [1.29, 1.82) is 0 Å². The highest BCUT2D eigenvalue weighted by Gasteiger charge is 2.29. The van der Waals surface area contributed by atoms with Crippen molar-refractivity contribution in [3.63, 3.8) is 0 Å². The first kappa shape index (κ1) is 18.0. The maximum atomic E-state index is 12.2. The number of carbonyl (C=O) groups excluding carboxylic acids is 1. The lowest BCUT2D eigenvalue weighted by molar-refractivity contribution is -0.137. The van der Waals surface area contributed by atoms with Gasteiger partial charge in [0.2, 0.25) is 0 Å². The molecule has 1 aliphatic carbocycles. The average Bonchev–Trinajstić information content (AvgIpc) is 2.94. The first-order chi connectivity index (χ1) is 12.6. The van der Waals surface area contributed by atoms with Crippen LogP contribution >= 0.6 is 0 Å². The van der Waals surface area contributed by atoms with Gasteiger partial charge in [0, 0.05) is 12.0 Å². The molecular weight excluding hydrogens is 330 g/mol. The fraction of sp³-hybridized carbons (Fsp3) is 0.333. The third kappa shape index (κ3) is 3.87. The summed E-state index contributed by atoms with van der Waals surface area (Å²) in [6, 6.07) is 15.9. The predicted molar refractivity (Wildman–Crippen MR) is 99.2 cm³/mol. The molecule has 1 amide bonds. The van der Waals surface area contributed by atoms with Gasteiger partial charge in [0.1, 0.15) is 6.61 Å². The van der Waals surface area contributed by atoms with Gasteiger partial charge in [0.15, 0.2) is 0 Å². The number of alkyl carbamates (subject to hydrolysis) is 1. The topological polar surface area (TPSA) is 75.6 Å². The van der Waals surface area contributed by atoms with Gasteiger partial charge in [-0.3, -0.25) is 4.79 Å². The summed E-state index contributed by atoms with van der Waals surface area (Å²) in [5.41, 5.74) is 4.65. The Hall–Kier alpha value is -2.82.